The van der Waals surface area contributed by atoms with Gasteiger partial charge in [-0.3, -0.25) is 4.68 Å². The monoisotopic (exact) mass is 233 g/mol. The van der Waals surface area contributed by atoms with E-state index in [1.807, 2.05) is 24.0 Å². The summed E-state index contributed by atoms with van der Waals surface area (Å²) < 4.78 is 6.94. The van der Waals surface area contributed by atoms with Gasteiger partial charge < -0.3 is 9.73 Å². The van der Waals surface area contributed by atoms with Crippen molar-refractivity contribution in [3.63, 3.8) is 0 Å². The summed E-state index contributed by atoms with van der Waals surface area (Å²) in [5.41, 5.74) is 3.29. The van der Waals surface area contributed by atoms with Crippen molar-refractivity contribution in [1.29, 1.82) is 0 Å². The average Bonchev–Trinajstić information content (AvgIpc) is 2.81. The second-order valence-electron chi connectivity index (χ2n) is 5.29. The third-order valence-corrected chi connectivity index (χ3v) is 2.51. The first-order valence-electron chi connectivity index (χ1n) is 5.76. The molecule has 0 saturated carbocycles. The number of furan rings is 1. The molecule has 17 heavy (non-hydrogen) atoms. The molecule has 0 unspecified atom stereocenters. The van der Waals surface area contributed by atoms with Gasteiger partial charge in [-0.05, 0) is 26.8 Å². The number of hydrogen-bond donors (Lipinski definition) is 1. The Morgan fingerprint density at radius 3 is 2.76 bits per heavy atom. The quantitative estimate of drug-likeness (QED) is 0.886. The topological polar surface area (TPSA) is 43.0 Å². The minimum atomic E-state index is 0.101. The van der Waals surface area contributed by atoms with Crippen molar-refractivity contribution in [3.8, 4) is 11.3 Å². The summed E-state index contributed by atoms with van der Waals surface area (Å²) in [5.74, 6) is 0. The lowest BCUT2D eigenvalue weighted by molar-refractivity contribution is 0.424. The zero-order valence-corrected chi connectivity index (χ0v) is 10.8. The Bertz CT molecular complexity index is 477. The average molecular weight is 233 g/mol. The molecule has 0 aromatic carbocycles. The summed E-state index contributed by atoms with van der Waals surface area (Å²) >= 11 is 0. The van der Waals surface area contributed by atoms with Crippen molar-refractivity contribution in [1.82, 2.24) is 15.1 Å². The van der Waals surface area contributed by atoms with Gasteiger partial charge in [0.2, 0.25) is 0 Å². The first-order valence-corrected chi connectivity index (χ1v) is 5.76. The van der Waals surface area contributed by atoms with Gasteiger partial charge in [0.1, 0.15) is 0 Å². The molecule has 0 spiro atoms. The van der Waals surface area contributed by atoms with Crippen molar-refractivity contribution < 1.29 is 4.42 Å². The van der Waals surface area contributed by atoms with Crippen LogP contribution < -0.4 is 5.32 Å². The third-order valence-electron chi connectivity index (χ3n) is 2.51. The Balaban J connectivity index is 2.23. The minimum Gasteiger partial charge on any atom is -0.472 e. The van der Waals surface area contributed by atoms with Crippen LogP contribution in [0.4, 0.5) is 0 Å². The van der Waals surface area contributed by atoms with Crippen LogP contribution in [-0.4, -0.2) is 15.3 Å². The van der Waals surface area contributed by atoms with E-state index in [0.29, 0.717) is 0 Å². The number of nitrogens with zero attached hydrogens (tertiary/aromatic N) is 2. The lowest BCUT2D eigenvalue weighted by Gasteiger charge is -2.20. The molecule has 0 atom stereocenters. The first kappa shape index (κ1) is 11.9. The highest BCUT2D eigenvalue weighted by atomic mass is 16.3. The van der Waals surface area contributed by atoms with Crippen LogP contribution in [0.2, 0.25) is 0 Å². The highest BCUT2D eigenvalue weighted by Gasteiger charge is 2.14. The molecule has 4 nitrogen and oxygen atoms in total. The Morgan fingerprint density at radius 1 is 1.41 bits per heavy atom. The Labute approximate surface area is 102 Å². The summed E-state index contributed by atoms with van der Waals surface area (Å²) in [6.45, 7) is 7.26. The van der Waals surface area contributed by atoms with Crippen molar-refractivity contribution in [2.24, 2.45) is 7.05 Å². The van der Waals surface area contributed by atoms with Gasteiger partial charge in [-0.15, -0.1) is 0 Å². The fourth-order valence-electron chi connectivity index (χ4n) is 1.67. The largest absolute Gasteiger partial charge is 0.472 e. The summed E-state index contributed by atoms with van der Waals surface area (Å²) in [7, 11) is 1.93. The van der Waals surface area contributed by atoms with Crippen molar-refractivity contribution in [2.45, 2.75) is 32.9 Å². The molecule has 0 amide bonds. The molecule has 2 heterocycles. The molecule has 0 radical (unpaired) electrons. The van der Waals surface area contributed by atoms with Crippen molar-refractivity contribution >= 4 is 0 Å². The highest BCUT2D eigenvalue weighted by Crippen LogP contribution is 2.22. The van der Waals surface area contributed by atoms with Crippen LogP contribution in [0.25, 0.3) is 11.3 Å². The molecule has 92 valence electrons. The molecule has 2 aromatic heterocycles. The normalized spacial score (nSPS) is 12.0. The van der Waals surface area contributed by atoms with E-state index in [4.69, 9.17) is 4.42 Å². The SMILES string of the molecule is Cn1cc(CNC(C)(C)C)c(-c2ccoc2)n1. The molecule has 0 aliphatic carbocycles. The molecule has 0 saturated heterocycles. The van der Waals surface area contributed by atoms with Crippen molar-refractivity contribution in [2.75, 3.05) is 0 Å². The second-order valence-corrected chi connectivity index (χ2v) is 5.29. The summed E-state index contributed by atoms with van der Waals surface area (Å²) in [6, 6.07) is 1.93. The number of hydrogen-bond acceptors (Lipinski definition) is 3. The van der Waals surface area contributed by atoms with Crippen LogP contribution in [-0.2, 0) is 13.6 Å². The van der Waals surface area contributed by atoms with Crippen LogP contribution in [0.15, 0.2) is 29.2 Å². The fraction of sp³-hybridized carbons (Fsp3) is 0.462. The summed E-state index contributed by atoms with van der Waals surface area (Å²) in [5, 5.41) is 7.94. The van der Waals surface area contributed by atoms with Gasteiger partial charge in [-0.25, -0.2) is 0 Å². The smallest absolute Gasteiger partial charge is 0.1000 e. The van der Waals surface area contributed by atoms with E-state index in [-0.39, 0.29) is 5.54 Å². The first-order chi connectivity index (χ1) is 7.96. The molecule has 0 fully saturated rings. The van der Waals surface area contributed by atoms with Crippen LogP contribution in [0.1, 0.15) is 26.3 Å². The molecule has 0 bridgehead atoms. The van der Waals surface area contributed by atoms with Crippen LogP contribution in [0.3, 0.4) is 0 Å². The van der Waals surface area contributed by atoms with Crippen LogP contribution in [0, 0.1) is 0 Å². The third kappa shape index (κ3) is 2.97. The molecule has 0 aliphatic rings. The maximum absolute atomic E-state index is 5.11. The van der Waals surface area contributed by atoms with Gasteiger partial charge in [0.05, 0.1) is 18.2 Å². The Kier molecular flexibility index (Phi) is 3.07. The van der Waals surface area contributed by atoms with Gasteiger partial charge in [0.25, 0.3) is 0 Å². The van der Waals surface area contributed by atoms with Crippen molar-refractivity contribution in [3.05, 3.63) is 30.4 Å². The van der Waals surface area contributed by atoms with Crippen LogP contribution >= 0.6 is 0 Å². The summed E-state index contributed by atoms with van der Waals surface area (Å²) in [4.78, 5) is 0. The predicted octanol–water partition coefficient (Wildman–Crippen LogP) is 2.57. The molecular weight excluding hydrogens is 214 g/mol. The predicted molar refractivity (Wildman–Crippen MR) is 67.5 cm³/mol. The Hall–Kier alpha value is -1.55. The van der Waals surface area contributed by atoms with E-state index in [9.17, 15) is 0 Å². The molecule has 2 aromatic rings. The molecular formula is C13H19N3O. The van der Waals surface area contributed by atoms with Gasteiger partial charge in [-0.2, -0.15) is 5.10 Å². The number of aryl methyl sites for hydroxylation is 1. The maximum Gasteiger partial charge on any atom is 0.1000 e. The van der Waals surface area contributed by atoms with E-state index in [0.717, 1.165) is 17.8 Å². The van der Waals surface area contributed by atoms with Gasteiger partial charge in [0.15, 0.2) is 0 Å². The number of aromatic nitrogens is 2. The fourth-order valence-corrected chi connectivity index (χ4v) is 1.67. The second kappa shape index (κ2) is 4.37. The van der Waals surface area contributed by atoms with E-state index >= 15 is 0 Å². The van der Waals surface area contributed by atoms with Crippen LogP contribution in [0.5, 0.6) is 0 Å². The minimum absolute atomic E-state index is 0.101. The lowest BCUT2D eigenvalue weighted by atomic mass is 10.1. The van der Waals surface area contributed by atoms with Gasteiger partial charge in [0, 0.05) is 36.5 Å². The molecule has 4 heteroatoms. The molecule has 0 aliphatic heterocycles. The Morgan fingerprint density at radius 2 is 2.18 bits per heavy atom. The van der Waals surface area contributed by atoms with E-state index < -0.39 is 0 Å². The van der Waals surface area contributed by atoms with Gasteiger partial charge in [-0.1, -0.05) is 0 Å². The van der Waals surface area contributed by atoms with Gasteiger partial charge >= 0.3 is 0 Å². The highest BCUT2D eigenvalue weighted by molar-refractivity contribution is 5.61. The lowest BCUT2D eigenvalue weighted by Crippen LogP contribution is -2.35. The van der Waals surface area contributed by atoms with E-state index in [1.165, 1.54) is 5.56 Å². The summed E-state index contributed by atoms with van der Waals surface area (Å²) in [6.07, 6.45) is 5.44. The molecule has 1 N–H and O–H groups in total. The maximum atomic E-state index is 5.11. The zero-order chi connectivity index (χ0) is 12.5. The standard InChI is InChI=1S/C13H19N3O/c1-13(2,3)14-7-11-8-16(4)15-12(11)10-5-6-17-9-10/h5-6,8-9,14H,7H2,1-4H3. The van der Waals surface area contributed by atoms with E-state index in [2.05, 4.69) is 31.2 Å². The van der Waals surface area contributed by atoms with E-state index in [1.54, 1.807) is 12.5 Å². The number of rotatable bonds is 3. The zero-order valence-electron chi connectivity index (χ0n) is 10.8. The number of nitrogens with one attached hydrogen (secondary N) is 1. The molecule has 2 rings (SSSR count).